The van der Waals surface area contributed by atoms with Gasteiger partial charge >= 0.3 is 0 Å². The summed E-state index contributed by atoms with van der Waals surface area (Å²) >= 11 is 0. The van der Waals surface area contributed by atoms with Crippen LogP contribution in [0, 0.1) is 17.0 Å². The summed E-state index contributed by atoms with van der Waals surface area (Å²) in [5.41, 5.74) is 2.73. The molecule has 0 atom stereocenters. The Balaban J connectivity index is 1.59. The molecule has 3 aromatic rings. The Bertz CT molecular complexity index is 1010. The van der Waals surface area contributed by atoms with E-state index in [2.05, 4.69) is 20.7 Å². The summed E-state index contributed by atoms with van der Waals surface area (Å²) in [5, 5.41) is 21.8. The van der Waals surface area contributed by atoms with Crippen LogP contribution in [0.25, 0.3) is 11.0 Å². The van der Waals surface area contributed by atoms with Crippen molar-refractivity contribution >= 4 is 28.3 Å². The zero-order valence-corrected chi connectivity index (χ0v) is 16.0. The summed E-state index contributed by atoms with van der Waals surface area (Å²) < 4.78 is 1.83. The average Bonchev–Trinajstić information content (AvgIpc) is 3.07. The van der Waals surface area contributed by atoms with E-state index in [9.17, 15) is 14.9 Å². The Kier molecular flexibility index (Phi) is 5.53. The van der Waals surface area contributed by atoms with E-state index in [-0.39, 0.29) is 17.6 Å². The molecule has 9 nitrogen and oxygen atoms in total. The van der Waals surface area contributed by atoms with Gasteiger partial charge in [0.1, 0.15) is 0 Å². The van der Waals surface area contributed by atoms with E-state index in [0.717, 1.165) is 16.7 Å². The van der Waals surface area contributed by atoms with Gasteiger partial charge in [0.25, 0.3) is 11.6 Å². The van der Waals surface area contributed by atoms with Gasteiger partial charge in [-0.2, -0.15) is 5.10 Å². The molecule has 0 aliphatic carbocycles. The third kappa shape index (κ3) is 4.08. The minimum absolute atomic E-state index is 0.0398. The molecular weight excluding hydrogens is 360 g/mol. The molecule has 0 saturated carbocycles. The molecule has 0 radical (unpaired) electrons. The predicted octanol–water partition coefficient (Wildman–Crippen LogP) is 3.07. The van der Waals surface area contributed by atoms with Crippen LogP contribution in [0.1, 0.15) is 35.9 Å². The number of hydrogen-bond donors (Lipinski definition) is 2. The van der Waals surface area contributed by atoms with E-state index in [1.54, 1.807) is 25.3 Å². The zero-order chi connectivity index (χ0) is 20.3. The summed E-state index contributed by atoms with van der Waals surface area (Å²) in [7, 11) is 0. The first-order valence-electron chi connectivity index (χ1n) is 8.98. The van der Waals surface area contributed by atoms with Gasteiger partial charge in [-0.05, 0) is 39.0 Å². The first-order chi connectivity index (χ1) is 13.4. The lowest BCUT2D eigenvalue weighted by Gasteiger charge is -2.10. The molecule has 1 aromatic carbocycles. The number of aromatic nitrogens is 3. The monoisotopic (exact) mass is 382 g/mol. The highest BCUT2D eigenvalue weighted by Crippen LogP contribution is 2.19. The minimum atomic E-state index is -0.442. The van der Waals surface area contributed by atoms with Crippen molar-refractivity contribution in [3.63, 3.8) is 0 Å². The van der Waals surface area contributed by atoms with Gasteiger partial charge in [0.2, 0.25) is 0 Å². The van der Waals surface area contributed by atoms with Crippen LogP contribution >= 0.6 is 0 Å². The lowest BCUT2D eigenvalue weighted by molar-refractivity contribution is -0.384. The molecule has 0 spiro atoms. The highest BCUT2D eigenvalue weighted by Gasteiger charge is 2.15. The SMILES string of the molecule is Cc1nc2c(cnn2C(C)C)cc1C(=O)NCCNc1ccc([N+](=O)[O-])cc1. The largest absolute Gasteiger partial charge is 0.383 e. The van der Waals surface area contributed by atoms with Crippen molar-refractivity contribution in [3.8, 4) is 0 Å². The standard InChI is InChI=1S/C19H22N6O3/c1-12(2)24-18-14(11-22-24)10-17(13(3)23-18)19(26)21-9-8-20-15-4-6-16(7-5-15)25(27)28/h4-7,10-12,20H,8-9H2,1-3H3,(H,21,26). The maximum Gasteiger partial charge on any atom is 0.269 e. The van der Waals surface area contributed by atoms with Crippen LogP contribution in [-0.2, 0) is 0 Å². The van der Waals surface area contributed by atoms with Gasteiger partial charge in [0.05, 0.1) is 22.4 Å². The van der Waals surface area contributed by atoms with Gasteiger partial charge < -0.3 is 10.6 Å². The zero-order valence-electron chi connectivity index (χ0n) is 16.0. The number of pyridine rings is 1. The number of benzene rings is 1. The second-order valence-corrected chi connectivity index (χ2v) is 6.70. The second-order valence-electron chi connectivity index (χ2n) is 6.70. The number of carbonyl (C=O) groups is 1. The molecule has 2 N–H and O–H groups in total. The first kappa shape index (κ1) is 19.3. The Morgan fingerprint density at radius 1 is 1.25 bits per heavy atom. The third-order valence-corrected chi connectivity index (χ3v) is 4.31. The molecule has 146 valence electrons. The molecule has 0 saturated heterocycles. The molecule has 2 heterocycles. The van der Waals surface area contributed by atoms with Crippen LogP contribution in [0.5, 0.6) is 0 Å². The highest BCUT2D eigenvalue weighted by atomic mass is 16.6. The Morgan fingerprint density at radius 2 is 1.96 bits per heavy atom. The molecule has 0 fully saturated rings. The minimum Gasteiger partial charge on any atom is -0.383 e. The van der Waals surface area contributed by atoms with Crippen molar-refractivity contribution in [1.82, 2.24) is 20.1 Å². The quantitative estimate of drug-likeness (QED) is 0.369. The van der Waals surface area contributed by atoms with Gasteiger partial charge in [-0.3, -0.25) is 14.9 Å². The number of nitro benzene ring substituents is 1. The van der Waals surface area contributed by atoms with Crippen molar-refractivity contribution in [2.75, 3.05) is 18.4 Å². The number of non-ortho nitro benzene ring substituents is 1. The Labute approximate surface area is 161 Å². The number of hydrogen-bond acceptors (Lipinski definition) is 6. The number of nitrogens with one attached hydrogen (secondary N) is 2. The number of anilines is 1. The maximum absolute atomic E-state index is 12.5. The molecule has 0 bridgehead atoms. The molecule has 0 unspecified atom stereocenters. The van der Waals surface area contributed by atoms with Crippen molar-refractivity contribution in [1.29, 1.82) is 0 Å². The van der Waals surface area contributed by atoms with E-state index in [4.69, 9.17) is 0 Å². The fourth-order valence-electron chi connectivity index (χ4n) is 2.85. The van der Waals surface area contributed by atoms with Crippen molar-refractivity contribution in [3.05, 3.63) is 57.9 Å². The Morgan fingerprint density at radius 3 is 2.61 bits per heavy atom. The van der Waals surface area contributed by atoms with Gasteiger partial charge in [-0.25, -0.2) is 9.67 Å². The van der Waals surface area contributed by atoms with Gasteiger partial charge in [0.15, 0.2) is 5.65 Å². The third-order valence-electron chi connectivity index (χ3n) is 4.31. The second kappa shape index (κ2) is 8.03. The van der Waals surface area contributed by atoms with Gasteiger partial charge in [-0.15, -0.1) is 0 Å². The van der Waals surface area contributed by atoms with Gasteiger partial charge in [-0.1, -0.05) is 0 Å². The molecule has 9 heteroatoms. The van der Waals surface area contributed by atoms with Crippen molar-refractivity contribution < 1.29 is 9.72 Å². The smallest absolute Gasteiger partial charge is 0.269 e. The summed E-state index contributed by atoms with van der Waals surface area (Å²) in [6.45, 7) is 6.76. The van der Waals surface area contributed by atoms with Crippen molar-refractivity contribution in [2.24, 2.45) is 0 Å². The molecular formula is C19H22N6O3. The number of fused-ring (bicyclic) bond motifs is 1. The van der Waals surface area contributed by atoms with Crippen LogP contribution < -0.4 is 10.6 Å². The normalized spacial score (nSPS) is 11.0. The molecule has 0 aliphatic rings. The number of amides is 1. The lowest BCUT2D eigenvalue weighted by Crippen LogP contribution is -2.29. The van der Waals surface area contributed by atoms with Crippen LogP contribution in [0.15, 0.2) is 36.5 Å². The topological polar surface area (TPSA) is 115 Å². The number of rotatable bonds is 7. The fourth-order valence-corrected chi connectivity index (χ4v) is 2.85. The molecule has 3 rings (SSSR count). The van der Waals surface area contributed by atoms with Crippen LogP contribution in [0.3, 0.4) is 0 Å². The molecule has 1 amide bonds. The van der Waals surface area contributed by atoms with Crippen LogP contribution in [0.2, 0.25) is 0 Å². The van der Waals surface area contributed by atoms with E-state index >= 15 is 0 Å². The lowest BCUT2D eigenvalue weighted by atomic mass is 10.1. The summed E-state index contributed by atoms with van der Waals surface area (Å²) in [5.74, 6) is -0.199. The average molecular weight is 382 g/mol. The first-order valence-corrected chi connectivity index (χ1v) is 8.98. The van der Waals surface area contributed by atoms with E-state index in [1.807, 2.05) is 24.6 Å². The van der Waals surface area contributed by atoms with E-state index < -0.39 is 4.92 Å². The van der Waals surface area contributed by atoms with E-state index in [0.29, 0.717) is 24.3 Å². The molecule has 28 heavy (non-hydrogen) atoms. The highest BCUT2D eigenvalue weighted by molar-refractivity contribution is 5.98. The van der Waals surface area contributed by atoms with Crippen LogP contribution in [-0.4, -0.2) is 38.7 Å². The number of nitro groups is 1. The molecule has 2 aromatic heterocycles. The summed E-state index contributed by atoms with van der Waals surface area (Å²) in [4.78, 5) is 27.3. The Hall–Kier alpha value is -3.49. The van der Waals surface area contributed by atoms with E-state index in [1.165, 1.54) is 12.1 Å². The molecule has 0 aliphatic heterocycles. The fraction of sp³-hybridized carbons (Fsp3) is 0.316. The number of nitrogens with zero attached hydrogens (tertiary/aromatic N) is 4. The summed E-state index contributed by atoms with van der Waals surface area (Å²) in [6.07, 6.45) is 1.72. The maximum atomic E-state index is 12.5. The van der Waals surface area contributed by atoms with Crippen LogP contribution in [0.4, 0.5) is 11.4 Å². The van der Waals surface area contributed by atoms with Crippen molar-refractivity contribution in [2.45, 2.75) is 26.8 Å². The summed E-state index contributed by atoms with van der Waals surface area (Å²) in [6, 6.07) is 8.13. The number of aryl methyl sites for hydroxylation is 1. The predicted molar refractivity (Wildman–Crippen MR) is 107 cm³/mol. The number of carbonyl (C=O) groups excluding carboxylic acids is 1. The van der Waals surface area contributed by atoms with Gasteiger partial charge in [0, 0.05) is 42.3 Å².